The molecule has 0 fully saturated rings. The Kier molecular flexibility index (Phi) is 2.94. The number of aromatic nitrogens is 2. The minimum Gasteiger partial charge on any atom is -0.362 e. The van der Waals surface area contributed by atoms with E-state index >= 15 is 0 Å². The van der Waals surface area contributed by atoms with Crippen LogP contribution in [0.25, 0.3) is 21.8 Å². The number of aromatic amines is 1. The van der Waals surface area contributed by atoms with Crippen LogP contribution in [-0.4, -0.2) is 24.1 Å². The van der Waals surface area contributed by atoms with E-state index in [0.717, 1.165) is 16.9 Å². The van der Waals surface area contributed by atoms with Crippen molar-refractivity contribution in [2.75, 3.05) is 19.0 Å². The van der Waals surface area contributed by atoms with Crippen LogP contribution in [0.2, 0.25) is 0 Å². The van der Waals surface area contributed by atoms with Crippen LogP contribution in [0.5, 0.6) is 0 Å². The van der Waals surface area contributed by atoms with Crippen molar-refractivity contribution in [2.45, 2.75) is 0 Å². The molecule has 3 nitrogen and oxygen atoms in total. The molecule has 0 aliphatic carbocycles. The molecule has 0 saturated carbocycles. The summed E-state index contributed by atoms with van der Waals surface area (Å²) in [5.74, 6) is 1.01. The topological polar surface area (TPSA) is 31.9 Å². The summed E-state index contributed by atoms with van der Waals surface area (Å²) < 4.78 is 0. The molecule has 1 aromatic carbocycles. The Morgan fingerprint density at radius 1 is 1.06 bits per heavy atom. The van der Waals surface area contributed by atoms with Gasteiger partial charge in [0.2, 0.25) is 0 Å². The SMILES string of the molecule is CN(C)c1nccc2[nH]c3ccccc3c12.Cl. The Bertz CT molecular complexity index is 658. The molecular weight excluding hydrogens is 234 g/mol. The van der Waals surface area contributed by atoms with Crippen molar-refractivity contribution in [1.29, 1.82) is 0 Å². The zero-order chi connectivity index (χ0) is 11.1. The normalized spacial score (nSPS) is 10.5. The van der Waals surface area contributed by atoms with Crippen molar-refractivity contribution in [3.05, 3.63) is 36.5 Å². The van der Waals surface area contributed by atoms with Crippen molar-refractivity contribution in [2.24, 2.45) is 0 Å². The number of nitrogens with one attached hydrogen (secondary N) is 1. The quantitative estimate of drug-likeness (QED) is 0.716. The largest absolute Gasteiger partial charge is 0.362 e. The minimum absolute atomic E-state index is 0. The summed E-state index contributed by atoms with van der Waals surface area (Å²) in [5.41, 5.74) is 2.30. The highest BCUT2D eigenvalue weighted by atomic mass is 35.5. The molecule has 2 heterocycles. The monoisotopic (exact) mass is 247 g/mol. The van der Waals surface area contributed by atoms with Crippen molar-refractivity contribution in [3.8, 4) is 0 Å². The lowest BCUT2D eigenvalue weighted by Gasteiger charge is -2.12. The van der Waals surface area contributed by atoms with Gasteiger partial charge in [0.15, 0.2) is 0 Å². The maximum atomic E-state index is 4.43. The Hall–Kier alpha value is -1.74. The summed E-state index contributed by atoms with van der Waals surface area (Å²) in [6.07, 6.45) is 1.84. The van der Waals surface area contributed by atoms with E-state index in [1.54, 1.807) is 0 Å². The maximum absolute atomic E-state index is 4.43. The summed E-state index contributed by atoms with van der Waals surface area (Å²) in [7, 11) is 4.03. The van der Waals surface area contributed by atoms with Gasteiger partial charge in [0.25, 0.3) is 0 Å². The zero-order valence-electron chi connectivity index (χ0n) is 9.77. The number of nitrogens with zero attached hydrogens (tertiary/aromatic N) is 2. The number of pyridine rings is 1. The van der Waals surface area contributed by atoms with E-state index in [4.69, 9.17) is 0 Å². The molecule has 1 N–H and O–H groups in total. The Morgan fingerprint density at radius 3 is 2.59 bits per heavy atom. The number of benzene rings is 1. The molecule has 0 radical (unpaired) electrons. The van der Waals surface area contributed by atoms with E-state index in [-0.39, 0.29) is 12.4 Å². The second-order valence-corrected chi connectivity index (χ2v) is 4.12. The summed E-state index contributed by atoms with van der Waals surface area (Å²) in [6.45, 7) is 0. The smallest absolute Gasteiger partial charge is 0.138 e. The molecule has 0 spiro atoms. The summed E-state index contributed by atoms with van der Waals surface area (Å²) in [5, 5.41) is 2.43. The van der Waals surface area contributed by atoms with Crippen molar-refractivity contribution >= 4 is 40.0 Å². The minimum atomic E-state index is 0. The third-order valence-electron chi connectivity index (χ3n) is 2.82. The molecule has 4 heteroatoms. The van der Waals surface area contributed by atoms with Crippen LogP contribution in [-0.2, 0) is 0 Å². The first-order chi connectivity index (χ1) is 7.77. The number of fused-ring (bicyclic) bond motifs is 3. The van der Waals surface area contributed by atoms with Gasteiger partial charge in [0.05, 0.1) is 5.52 Å². The van der Waals surface area contributed by atoms with E-state index in [2.05, 4.69) is 28.2 Å². The van der Waals surface area contributed by atoms with E-state index in [1.807, 2.05) is 37.3 Å². The number of H-pyrrole nitrogens is 1. The van der Waals surface area contributed by atoms with E-state index in [9.17, 15) is 0 Å². The van der Waals surface area contributed by atoms with Gasteiger partial charge >= 0.3 is 0 Å². The van der Waals surface area contributed by atoms with Crippen LogP contribution in [0.15, 0.2) is 36.5 Å². The van der Waals surface area contributed by atoms with Crippen LogP contribution in [0, 0.1) is 0 Å². The van der Waals surface area contributed by atoms with Crippen molar-refractivity contribution in [1.82, 2.24) is 9.97 Å². The van der Waals surface area contributed by atoms with Gasteiger partial charge in [-0.25, -0.2) is 4.98 Å². The fourth-order valence-electron chi connectivity index (χ4n) is 2.11. The zero-order valence-corrected chi connectivity index (χ0v) is 10.6. The van der Waals surface area contributed by atoms with E-state index in [0.29, 0.717) is 0 Å². The van der Waals surface area contributed by atoms with E-state index in [1.165, 1.54) is 10.8 Å². The lowest BCUT2D eigenvalue weighted by Crippen LogP contribution is -2.10. The van der Waals surface area contributed by atoms with Gasteiger partial charge in [-0.2, -0.15) is 0 Å². The highest BCUT2D eigenvalue weighted by Crippen LogP contribution is 2.30. The molecule has 0 aliphatic heterocycles. The van der Waals surface area contributed by atoms with Crippen molar-refractivity contribution < 1.29 is 0 Å². The molecule has 0 unspecified atom stereocenters. The van der Waals surface area contributed by atoms with Gasteiger partial charge in [-0.1, -0.05) is 18.2 Å². The highest BCUT2D eigenvalue weighted by molar-refractivity contribution is 6.12. The molecular formula is C13H14ClN3. The predicted molar refractivity (Wildman–Crippen MR) is 75.2 cm³/mol. The molecule has 2 aromatic heterocycles. The Balaban J connectivity index is 0.00000108. The Morgan fingerprint density at radius 2 is 1.82 bits per heavy atom. The first kappa shape index (κ1) is 11.7. The number of halogens is 1. The molecule has 17 heavy (non-hydrogen) atoms. The van der Waals surface area contributed by atoms with Gasteiger partial charge in [0, 0.05) is 36.6 Å². The van der Waals surface area contributed by atoms with Gasteiger partial charge in [-0.05, 0) is 12.1 Å². The molecule has 0 atom stereocenters. The van der Waals surface area contributed by atoms with Gasteiger partial charge in [0.1, 0.15) is 5.82 Å². The number of anilines is 1. The maximum Gasteiger partial charge on any atom is 0.138 e. The number of hydrogen-bond donors (Lipinski definition) is 1. The first-order valence-electron chi connectivity index (χ1n) is 5.30. The molecule has 0 bridgehead atoms. The third kappa shape index (κ3) is 1.72. The molecule has 3 aromatic rings. The van der Waals surface area contributed by atoms with Crippen LogP contribution in [0.1, 0.15) is 0 Å². The molecule has 3 rings (SSSR count). The third-order valence-corrected chi connectivity index (χ3v) is 2.82. The highest BCUT2D eigenvalue weighted by Gasteiger charge is 2.10. The number of hydrogen-bond acceptors (Lipinski definition) is 2. The van der Waals surface area contributed by atoms with Crippen molar-refractivity contribution in [3.63, 3.8) is 0 Å². The number of para-hydroxylation sites is 1. The molecule has 88 valence electrons. The van der Waals surface area contributed by atoms with Crippen LogP contribution in [0.4, 0.5) is 5.82 Å². The average Bonchev–Trinajstić information content (AvgIpc) is 2.66. The summed E-state index contributed by atoms with van der Waals surface area (Å²) in [6, 6.07) is 10.3. The second-order valence-electron chi connectivity index (χ2n) is 4.12. The lowest BCUT2D eigenvalue weighted by molar-refractivity contribution is 1.08. The molecule has 0 amide bonds. The predicted octanol–water partition coefficient (Wildman–Crippen LogP) is 3.20. The van der Waals surface area contributed by atoms with E-state index < -0.39 is 0 Å². The average molecular weight is 248 g/mol. The molecule has 0 aliphatic rings. The second kappa shape index (κ2) is 4.26. The first-order valence-corrected chi connectivity index (χ1v) is 5.30. The standard InChI is InChI=1S/C13H13N3.ClH/c1-16(2)13-12-9-5-3-4-6-10(9)15-11(12)7-8-14-13;/h3-8,15H,1-2H3;1H. The van der Waals surface area contributed by atoms with Gasteiger partial charge in [-0.3, -0.25) is 0 Å². The van der Waals surface area contributed by atoms with Crippen LogP contribution < -0.4 is 4.90 Å². The fraction of sp³-hybridized carbons (Fsp3) is 0.154. The summed E-state index contributed by atoms with van der Waals surface area (Å²) in [4.78, 5) is 9.89. The lowest BCUT2D eigenvalue weighted by atomic mass is 10.2. The van der Waals surface area contributed by atoms with Gasteiger partial charge < -0.3 is 9.88 Å². The fourth-order valence-corrected chi connectivity index (χ4v) is 2.11. The van der Waals surface area contributed by atoms with Crippen LogP contribution >= 0.6 is 12.4 Å². The van der Waals surface area contributed by atoms with Gasteiger partial charge in [-0.15, -0.1) is 12.4 Å². The van der Waals surface area contributed by atoms with Crippen LogP contribution in [0.3, 0.4) is 0 Å². The Labute approximate surface area is 106 Å². The summed E-state index contributed by atoms with van der Waals surface area (Å²) >= 11 is 0. The molecule has 0 saturated heterocycles. The number of rotatable bonds is 1.